The van der Waals surface area contributed by atoms with Crippen LogP contribution in [0.25, 0.3) is 0 Å². The molecule has 0 aliphatic heterocycles. The molecular weight excluding hydrogens is 278 g/mol. The molecule has 0 saturated heterocycles. The first-order chi connectivity index (χ1) is 8.24. The number of hydrogen-bond donors (Lipinski definition) is 3. The van der Waals surface area contributed by atoms with E-state index in [0.29, 0.717) is 13.0 Å². The number of rotatable bonds is 6. The highest BCUT2D eigenvalue weighted by Crippen LogP contribution is 2.14. The standard InChI is InChI=1S/C9H15N3O4S2/c1-2-6-11-18(15,16)12-8-4-3-5-9(7-8)17(10,13)14/h3-5,7,11-12H,2,6H2,1H3,(H2,10,13,14). The molecule has 0 fully saturated rings. The molecule has 0 aliphatic rings. The summed E-state index contributed by atoms with van der Waals surface area (Å²) < 4.78 is 49.8. The van der Waals surface area contributed by atoms with Crippen LogP contribution in [-0.2, 0) is 20.2 Å². The summed E-state index contributed by atoms with van der Waals surface area (Å²) in [5.41, 5.74) is 0.130. The first-order valence-corrected chi connectivity index (χ1v) is 8.18. The van der Waals surface area contributed by atoms with Crippen molar-refractivity contribution in [3.05, 3.63) is 24.3 Å². The zero-order chi connectivity index (χ0) is 13.8. The number of hydrogen-bond acceptors (Lipinski definition) is 4. The summed E-state index contributed by atoms with van der Waals surface area (Å²) in [5.74, 6) is 0. The Labute approximate surface area is 107 Å². The molecule has 9 heteroatoms. The molecule has 0 aromatic heterocycles. The second kappa shape index (κ2) is 5.65. The van der Waals surface area contributed by atoms with Crippen molar-refractivity contribution in [1.82, 2.24) is 4.72 Å². The van der Waals surface area contributed by atoms with Crippen molar-refractivity contribution in [2.75, 3.05) is 11.3 Å². The van der Waals surface area contributed by atoms with Gasteiger partial charge in [-0.25, -0.2) is 13.6 Å². The highest BCUT2D eigenvalue weighted by Gasteiger charge is 2.12. The first-order valence-electron chi connectivity index (χ1n) is 5.15. The number of nitrogens with two attached hydrogens (primary N) is 1. The van der Waals surface area contributed by atoms with Crippen LogP contribution < -0.4 is 14.6 Å². The summed E-state index contributed by atoms with van der Waals surface area (Å²) >= 11 is 0. The summed E-state index contributed by atoms with van der Waals surface area (Å²) in [7, 11) is -7.55. The van der Waals surface area contributed by atoms with Crippen molar-refractivity contribution in [2.24, 2.45) is 5.14 Å². The molecule has 0 unspecified atom stereocenters. The van der Waals surface area contributed by atoms with Gasteiger partial charge < -0.3 is 0 Å². The average molecular weight is 293 g/mol. The highest BCUT2D eigenvalue weighted by molar-refractivity contribution is 7.90. The Bertz CT molecular complexity index is 610. The Morgan fingerprint density at radius 3 is 2.44 bits per heavy atom. The van der Waals surface area contributed by atoms with E-state index in [9.17, 15) is 16.8 Å². The Morgan fingerprint density at radius 2 is 1.89 bits per heavy atom. The normalized spacial score (nSPS) is 12.3. The third-order valence-corrected chi connectivity index (χ3v) is 3.96. The maximum Gasteiger partial charge on any atom is 0.299 e. The Kier molecular flexibility index (Phi) is 4.68. The lowest BCUT2D eigenvalue weighted by Crippen LogP contribution is -2.30. The Morgan fingerprint density at radius 1 is 1.22 bits per heavy atom. The van der Waals surface area contributed by atoms with Gasteiger partial charge in [0.15, 0.2) is 0 Å². The van der Waals surface area contributed by atoms with E-state index >= 15 is 0 Å². The molecule has 0 atom stereocenters. The van der Waals surface area contributed by atoms with E-state index < -0.39 is 20.2 Å². The monoisotopic (exact) mass is 293 g/mol. The fourth-order valence-electron chi connectivity index (χ4n) is 1.16. The van der Waals surface area contributed by atoms with Gasteiger partial charge >= 0.3 is 0 Å². The van der Waals surface area contributed by atoms with Crippen molar-refractivity contribution in [1.29, 1.82) is 0 Å². The van der Waals surface area contributed by atoms with E-state index in [4.69, 9.17) is 5.14 Å². The summed E-state index contributed by atoms with van der Waals surface area (Å²) in [4.78, 5) is -0.154. The van der Waals surface area contributed by atoms with Crippen LogP contribution in [0.1, 0.15) is 13.3 Å². The first kappa shape index (κ1) is 14.9. The molecule has 1 rings (SSSR count). The average Bonchev–Trinajstić information content (AvgIpc) is 2.25. The largest absolute Gasteiger partial charge is 0.299 e. The molecule has 0 aliphatic carbocycles. The lowest BCUT2D eigenvalue weighted by atomic mass is 10.3. The molecule has 1 aromatic rings. The maximum absolute atomic E-state index is 11.5. The van der Waals surface area contributed by atoms with Gasteiger partial charge in [0, 0.05) is 6.54 Å². The van der Waals surface area contributed by atoms with Gasteiger partial charge in [-0.05, 0) is 24.6 Å². The van der Waals surface area contributed by atoms with Crippen LogP contribution in [0.4, 0.5) is 5.69 Å². The lowest BCUT2D eigenvalue weighted by Gasteiger charge is -2.09. The molecule has 7 nitrogen and oxygen atoms in total. The van der Waals surface area contributed by atoms with Crippen LogP contribution in [0, 0.1) is 0 Å². The van der Waals surface area contributed by atoms with Crippen molar-refractivity contribution in [3.63, 3.8) is 0 Å². The number of sulfonamides is 1. The van der Waals surface area contributed by atoms with Gasteiger partial charge in [-0.15, -0.1) is 0 Å². The van der Waals surface area contributed by atoms with Crippen LogP contribution in [0.3, 0.4) is 0 Å². The van der Waals surface area contributed by atoms with Gasteiger partial charge in [0.25, 0.3) is 10.2 Å². The molecule has 0 spiro atoms. The molecule has 0 radical (unpaired) electrons. The molecule has 18 heavy (non-hydrogen) atoms. The lowest BCUT2D eigenvalue weighted by molar-refractivity contribution is 0.585. The van der Waals surface area contributed by atoms with Gasteiger partial charge in [0.1, 0.15) is 0 Å². The topological polar surface area (TPSA) is 118 Å². The van der Waals surface area contributed by atoms with E-state index in [2.05, 4.69) is 9.44 Å². The zero-order valence-electron chi connectivity index (χ0n) is 9.75. The minimum atomic E-state index is -3.85. The van der Waals surface area contributed by atoms with Gasteiger partial charge in [0.05, 0.1) is 10.6 Å². The molecule has 1 aromatic carbocycles. The minimum absolute atomic E-state index is 0.130. The molecule has 102 valence electrons. The number of benzene rings is 1. The fourth-order valence-corrected chi connectivity index (χ4v) is 2.71. The van der Waals surface area contributed by atoms with Crippen LogP contribution in [-0.4, -0.2) is 23.4 Å². The summed E-state index contributed by atoms with van der Waals surface area (Å²) in [6, 6.07) is 5.27. The smallest absolute Gasteiger partial charge is 0.271 e. The SMILES string of the molecule is CCCNS(=O)(=O)Nc1cccc(S(N)(=O)=O)c1. The molecule has 0 heterocycles. The van der Waals surface area contributed by atoms with Gasteiger partial charge in [-0.1, -0.05) is 13.0 Å². The number of primary sulfonamides is 1. The van der Waals surface area contributed by atoms with Crippen molar-refractivity contribution in [2.45, 2.75) is 18.2 Å². The molecule has 0 saturated carbocycles. The van der Waals surface area contributed by atoms with E-state index in [0.717, 1.165) is 6.07 Å². The van der Waals surface area contributed by atoms with Gasteiger partial charge in [-0.3, -0.25) is 4.72 Å². The van der Waals surface area contributed by atoms with E-state index in [1.165, 1.54) is 18.2 Å². The van der Waals surface area contributed by atoms with Crippen LogP contribution >= 0.6 is 0 Å². The number of nitrogens with one attached hydrogen (secondary N) is 2. The zero-order valence-corrected chi connectivity index (χ0v) is 11.4. The highest BCUT2D eigenvalue weighted by atomic mass is 32.2. The second-order valence-corrected chi connectivity index (χ2v) is 6.63. The maximum atomic E-state index is 11.5. The van der Waals surface area contributed by atoms with E-state index in [-0.39, 0.29) is 10.6 Å². The molecular formula is C9H15N3O4S2. The Balaban J connectivity index is 2.93. The predicted octanol–water partition coefficient (Wildman–Crippen LogP) is -0.00970. The third kappa shape index (κ3) is 4.61. The predicted molar refractivity (Wildman–Crippen MR) is 68.7 cm³/mol. The number of anilines is 1. The van der Waals surface area contributed by atoms with E-state index in [1.54, 1.807) is 0 Å². The third-order valence-electron chi connectivity index (χ3n) is 1.96. The Hall–Kier alpha value is -1.16. The molecule has 4 N–H and O–H groups in total. The summed E-state index contributed by atoms with van der Waals surface area (Å²) in [6.45, 7) is 2.12. The van der Waals surface area contributed by atoms with Crippen LogP contribution in [0.5, 0.6) is 0 Å². The molecule has 0 amide bonds. The van der Waals surface area contributed by atoms with Crippen LogP contribution in [0.2, 0.25) is 0 Å². The minimum Gasteiger partial charge on any atom is -0.271 e. The van der Waals surface area contributed by atoms with E-state index in [1.807, 2.05) is 6.92 Å². The van der Waals surface area contributed by atoms with Gasteiger partial charge in [-0.2, -0.15) is 13.1 Å². The van der Waals surface area contributed by atoms with Crippen molar-refractivity contribution >= 4 is 25.9 Å². The van der Waals surface area contributed by atoms with Crippen LogP contribution in [0.15, 0.2) is 29.2 Å². The summed E-state index contributed by atoms with van der Waals surface area (Å²) in [6.07, 6.45) is 0.651. The van der Waals surface area contributed by atoms with Gasteiger partial charge in [0.2, 0.25) is 10.0 Å². The molecule has 0 bridgehead atoms. The van der Waals surface area contributed by atoms with Crippen molar-refractivity contribution < 1.29 is 16.8 Å². The fraction of sp³-hybridized carbons (Fsp3) is 0.333. The summed E-state index contributed by atoms with van der Waals surface area (Å²) in [5, 5.41) is 4.95. The quantitative estimate of drug-likeness (QED) is 0.683. The van der Waals surface area contributed by atoms with Crippen molar-refractivity contribution in [3.8, 4) is 0 Å². The second-order valence-electron chi connectivity index (χ2n) is 3.57.